The molecule has 0 saturated carbocycles. The van der Waals surface area contributed by atoms with Crippen LogP contribution < -0.4 is 0 Å². The molecule has 2 aromatic carbocycles. The maximum atomic E-state index is 11.6. The smallest absolute Gasteiger partial charge is 0.420 e. The summed E-state index contributed by atoms with van der Waals surface area (Å²) >= 11 is 0. The van der Waals surface area contributed by atoms with E-state index in [9.17, 15) is 4.79 Å². The highest BCUT2D eigenvalue weighted by atomic mass is 16.8. The lowest BCUT2D eigenvalue weighted by atomic mass is 9.96. The molecule has 0 amide bonds. The molecule has 23 heavy (non-hydrogen) atoms. The Morgan fingerprint density at radius 1 is 0.957 bits per heavy atom. The fourth-order valence-electron chi connectivity index (χ4n) is 2.53. The summed E-state index contributed by atoms with van der Waals surface area (Å²) in [5.41, 5.74) is 2.10. The summed E-state index contributed by atoms with van der Waals surface area (Å²) in [6, 6.07) is 19.8. The minimum absolute atomic E-state index is 0.529. The van der Waals surface area contributed by atoms with Gasteiger partial charge in [-0.1, -0.05) is 72.8 Å². The highest BCUT2D eigenvalue weighted by molar-refractivity contribution is 5.84. The summed E-state index contributed by atoms with van der Waals surface area (Å²) in [6.45, 7) is 3.65. The van der Waals surface area contributed by atoms with Crippen LogP contribution in [-0.2, 0) is 9.47 Å². The van der Waals surface area contributed by atoms with Crippen molar-refractivity contribution in [3.05, 3.63) is 83.6 Å². The van der Waals surface area contributed by atoms with Crippen molar-refractivity contribution in [1.82, 2.24) is 0 Å². The standard InChI is InChI=1S/C20H18O3/c1-20(2)18(22-19(21)23-20)17(16-11-7-4-8-12-16)14-13-15-9-5-3-6-10-15/h3-14H,1-2H3/b14-13+,18-17-. The van der Waals surface area contributed by atoms with Crippen LogP contribution in [-0.4, -0.2) is 11.8 Å². The van der Waals surface area contributed by atoms with Crippen LogP contribution in [0, 0.1) is 0 Å². The zero-order valence-electron chi connectivity index (χ0n) is 13.2. The van der Waals surface area contributed by atoms with Gasteiger partial charge in [0, 0.05) is 5.57 Å². The molecule has 0 aliphatic carbocycles. The molecule has 0 aromatic heterocycles. The van der Waals surface area contributed by atoms with Gasteiger partial charge in [-0.2, -0.15) is 0 Å². The normalized spacial score (nSPS) is 18.6. The molecule has 1 saturated heterocycles. The lowest BCUT2D eigenvalue weighted by Crippen LogP contribution is -2.21. The zero-order chi connectivity index (χ0) is 16.3. The van der Waals surface area contributed by atoms with Crippen molar-refractivity contribution in [2.24, 2.45) is 0 Å². The van der Waals surface area contributed by atoms with E-state index in [-0.39, 0.29) is 0 Å². The van der Waals surface area contributed by atoms with E-state index in [0.717, 1.165) is 16.7 Å². The first-order chi connectivity index (χ1) is 11.1. The molecule has 1 heterocycles. The van der Waals surface area contributed by atoms with E-state index in [0.29, 0.717) is 5.76 Å². The number of carbonyl (C=O) groups excluding carboxylic acids is 1. The molecule has 2 aromatic rings. The van der Waals surface area contributed by atoms with Gasteiger partial charge in [0.25, 0.3) is 0 Å². The van der Waals surface area contributed by atoms with E-state index >= 15 is 0 Å². The number of rotatable bonds is 3. The maximum absolute atomic E-state index is 11.6. The molecule has 3 heteroatoms. The van der Waals surface area contributed by atoms with Gasteiger partial charge in [0.05, 0.1) is 0 Å². The second-order valence-corrected chi connectivity index (χ2v) is 5.82. The summed E-state index contributed by atoms with van der Waals surface area (Å²) in [4.78, 5) is 11.6. The van der Waals surface area contributed by atoms with Gasteiger partial charge in [0.2, 0.25) is 0 Å². The van der Waals surface area contributed by atoms with Crippen molar-refractivity contribution in [3.63, 3.8) is 0 Å². The lowest BCUT2D eigenvalue weighted by molar-refractivity contribution is 0.0873. The van der Waals surface area contributed by atoms with E-state index in [1.165, 1.54) is 0 Å². The molecule has 0 radical (unpaired) electrons. The van der Waals surface area contributed by atoms with Gasteiger partial charge in [0.15, 0.2) is 11.4 Å². The molecule has 1 aliphatic rings. The number of hydrogen-bond donors (Lipinski definition) is 0. The van der Waals surface area contributed by atoms with E-state index in [1.54, 1.807) is 0 Å². The first kappa shape index (κ1) is 15.1. The molecular weight excluding hydrogens is 288 g/mol. The third-order valence-corrected chi connectivity index (χ3v) is 3.64. The fraction of sp³-hybridized carbons (Fsp3) is 0.150. The average molecular weight is 306 g/mol. The number of carbonyl (C=O) groups is 1. The lowest BCUT2D eigenvalue weighted by Gasteiger charge is -2.17. The third-order valence-electron chi connectivity index (χ3n) is 3.64. The maximum Gasteiger partial charge on any atom is 0.514 e. The molecular formula is C20H18O3. The Kier molecular flexibility index (Phi) is 4.02. The molecule has 0 bridgehead atoms. The Labute approximate surface area is 135 Å². The van der Waals surface area contributed by atoms with Gasteiger partial charge < -0.3 is 9.47 Å². The molecule has 116 valence electrons. The van der Waals surface area contributed by atoms with Crippen LogP contribution in [0.4, 0.5) is 4.79 Å². The summed E-state index contributed by atoms with van der Waals surface area (Å²) in [6.07, 6.45) is 3.30. The monoisotopic (exact) mass is 306 g/mol. The molecule has 1 fully saturated rings. The number of benzene rings is 2. The largest absolute Gasteiger partial charge is 0.514 e. The Balaban J connectivity index is 2.09. The first-order valence-corrected chi connectivity index (χ1v) is 7.50. The van der Waals surface area contributed by atoms with Crippen LogP contribution in [0.5, 0.6) is 0 Å². The van der Waals surface area contributed by atoms with Crippen molar-refractivity contribution in [2.75, 3.05) is 0 Å². The molecule has 0 unspecified atom stereocenters. The third kappa shape index (κ3) is 3.34. The second-order valence-electron chi connectivity index (χ2n) is 5.82. The molecule has 3 rings (SSSR count). The van der Waals surface area contributed by atoms with Crippen LogP contribution in [0.25, 0.3) is 11.6 Å². The highest BCUT2D eigenvalue weighted by Crippen LogP contribution is 2.36. The number of allylic oxidation sites excluding steroid dienone is 2. The van der Waals surface area contributed by atoms with E-state index < -0.39 is 11.8 Å². The van der Waals surface area contributed by atoms with Crippen molar-refractivity contribution < 1.29 is 14.3 Å². The van der Waals surface area contributed by atoms with Gasteiger partial charge in [-0.05, 0) is 25.0 Å². The van der Waals surface area contributed by atoms with Gasteiger partial charge >= 0.3 is 6.16 Å². The Morgan fingerprint density at radius 2 is 1.57 bits per heavy atom. The van der Waals surface area contributed by atoms with E-state index in [4.69, 9.17) is 9.47 Å². The van der Waals surface area contributed by atoms with Crippen molar-refractivity contribution in [2.45, 2.75) is 19.4 Å². The number of ether oxygens (including phenoxy) is 2. The Hall–Kier alpha value is -2.81. The quantitative estimate of drug-likeness (QED) is 0.744. The molecule has 0 atom stereocenters. The number of cyclic esters (lactones) is 2. The summed E-state index contributed by atoms with van der Waals surface area (Å²) in [5.74, 6) is 0.529. The van der Waals surface area contributed by atoms with Crippen LogP contribution in [0.15, 0.2) is 72.5 Å². The van der Waals surface area contributed by atoms with Crippen molar-refractivity contribution in [3.8, 4) is 0 Å². The van der Waals surface area contributed by atoms with Crippen LogP contribution in [0.2, 0.25) is 0 Å². The van der Waals surface area contributed by atoms with Gasteiger partial charge in [-0.3, -0.25) is 0 Å². The van der Waals surface area contributed by atoms with Crippen LogP contribution in [0.3, 0.4) is 0 Å². The first-order valence-electron chi connectivity index (χ1n) is 7.50. The summed E-state index contributed by atoms with van der Waals surface area (Å²) in [7, 11) is 0. The van der Waals surface area contributed by atoms with Crippen LogP contribution >= 0.6 is 0 Å². The molecule has 1 aliphatic heterocycles. The summed E-state index contributed by atoms with van der Waals surface area (Å²) < 4.78 is 10.6. The van der Waals surface area contributed by atoms with Crippen molar-refractivity contribution >= 4 is 17.8 Å². The minimum atomic E-state index is -0.788. The van der Waals surface area contributed by atoms with E-state index in [1.807, 2.05) is 86.7 Å². The minimum Gasteiger partial charge on any atom is -0.420 e. The predicted molar refractivity (Wildman–Crippen MR) is 90.5 cm³/mol. The van der Waals surface area contributed by atoms with E-state index in [2.05, 4.69) is 0 Å². The summed E-state index contributed by atoms with van der Waals surface area (Å²) in [5, 5.41) is 0. The molecule has 0 N–H and O–H groups in total. The van der Waals surface area contributed by atoms with Gasteiger partial charge in [-0.25, -0.2) is 4.79 Å². The van der Waals surface area contributed by atoms with Gasteiger partial charge in [0.1, 0.15) is 0 Å². The molecule has 0 spiro atoms. The van der Waals surface area contributed by atoms with Gasteiger partial charge in [-0.15, -0.1) is 0 Å². The predicted octanol–water partition coefficient (Wildman–Crippen LogP) is 5.06. The van der Waals surface area contributed by atoms with Crippen LogP contribution in [0.1, 0.15) is 25.0 Å². The zero-order valence-corrected chi connectivity index (χ0v) is 13.2. The highest BCUT2D eigenvalue weighted by Gasteiger charge is 2.41. The van der Waals surface area contributed by atoms with Crippen molar-refractivity contribution in [1.29, 1.82) is 0 Å². The average Bonchev–Trinajstić information content (AvgIpc) is 2.82. The molecule has 3 nitrogen and oxygen atoms in total. The SMILES string of the molecule is CC1(C)OC(=O)O/C1=C(/C=C/c1ccccc1)c1ccccc1. The second kappa shape index (κ2) is 6.13. The fourth-order valence-corrected chi connectivity index (χ4v) is 2.53. The topological polar surface area (TPSA) is 35.5 Å². The Morgan fingerprint density at radius 3 is 2.13 bits per heavy atom. The number of hydrogen-bond acceptors (Lipinski definition) is 3. The Bertz CT molecular complexity index is 756.